The van der Waals surface area contributed by atoms with Crippen LogP contribution >= 0.6 is 23.2 Å². The molecular formula is C14H19Cl2NO. The van der Waals surface area contributed by atoms with Gasteiger partial charge in [-0.15, -0.1) is 0 Å². The Kier molecular flexibility index (Phi) is 6.55. The van der Waals surface area contributed by atoms with Crippen LogP contribution in [0.25, 0.3) is 0 Å². The lowest BCUT2D eigenvalue weighted by Gasteiger charge is -2.20. The second-order valence-corrected chi connectivity index (χ2v) is 4.92. The number of ether oxygens (including phenoxy) is 1. The molecule has 0 spiro atoms. The summed E-state index contributed by atoms with van der Waals surface area (Å²) < 4.78 is 5.95. The molecule has 100 valence electrons. The highest BCUT2D eigenvalue weighted by molar-refractivity contribution is 6.42. The zero-order valence-corrected chi connectivity index (χ0v) is 12.5. The average Bonchev–Trinajstić information content (AvgIpc) is 2.37. The molecule has 1 unspecified atom stereocenters. The molecule has 0 aliphatic heterocycles. The van der Waals surface area contributed by atoms with E-state index in [4.69, 9.17) is 27.9 Å². The number of hydrogen-bond acceptors (Lipinski definition) is 2. The first-order valence-corrected chi connectivity index (χ1v) is 6.73. The van der Waals surface area contributed by atoms with E-state index in [2.05, 4.69) is 18.3 Å². The SMILES string of the molecule is CC=C(C)C(CCNC)Oc1ccc(Cl)c(Cl)c1. The fraction of sp³-hybridized carbons (Fsp3) is 0.429. The Morgan fingerprint density at radius 2 is 2.11 bits per heavy atom. The van der Waals surface area contributed by atoms with Gasteiger partial charge in [0.2, 0.25) is 0 Å². The fourth-order valence-electron chi connectivity index (χ4n) is 1.56. The van der Waals surface area contributed by atoms with Gasteiger partial charge in [-0.2, -0.15) is 0 Å². The molecule has 0 aromatic heterocycles. The number of hydrogen-bond donors (Lipinski definition) is 1. The molecular weight excluding hydrogens is 269 g/mol. The number of halogens is 2. The first kappa shape index (κ1) is 15.4. The van der Waals surface area contributed by atoms with Crippen LogP contribution < -0.4 is 10.1 Å². The number of rotatable bonds is 6. The summed E-state index contributed by atoms with van der Waals surface area (Å²) in [7, 11) is 1.93. The highest BCUT2D eigenvalue weighted by atomic mass is 35.5. The quantitative estimate of drug-likeness (QED) is 0.787. The molecule has 1 aromatic carbocycles. The van der Waals surface area contributed by atoms with Crippen LogP contribution in [0, 0.1) is 0 Å². The molecule has 0 bridgehead atoms. The van der Waals surface area contributed by atoms with Crippen molar-refractivity contribution in [1.82, 2.24) is 5.32 Å². The van der Waals surface area contributed by atoms with Crippen molar-refractivity contribution >= 4 is 23.2 Å². The van der Waals surface area contributed by atoms with Crippen LogP contribution in [-0.2, 0) is 0 Å². The molecule has 1 rings (SSSR count). The topological polar surface area (TPSA) is 21.3 Å². The smallest absolute Gasteiger partial charge is 0.121 e. The van der Waals surface area contributed by atoms with Crippen LogP contribution in [0.4, 0.5) is 0 Å². The van der Waals surface area contributed by atoms with Gasteiger partial charge in [-0.05, 0) is 45.1 Å². The van der Waals surface area contributed by atoms with E-state index in [0.717, 1.165) is 18.7 Å². The Morgan fingerprint density at radius 3 is 2.67 bits per heavy atom. The summed E-state index contributed by atoms with van der Waals surface area (Å²) in [5.41, 5.74) is 1.20. The predicted octanol–water partition coefficient (Wildman–Crippen LogP) is 4.32. The van der Waals surface area contributed by atoms with E-state index in [9.17, 15) is 0 Å². The molecule has 0 saturated heterocycles. The maximum Gasteiger partial charge on any atom is 0.121 e. The van der Waals surface area contributed by atoms with Gasteiger partial charge in [0.1, 0.15) is 11.9 Å². The molecule has 0 radical (unpaired) electrons. The lowest BCUT2D eigenvalue weighted by molar-refractivity contribution is 0.226. The predicted molar refractivity (Wildman–Crippen MR) is 78.9 cm³/mol. The molecule has 0 aliphatic carbocycles. The normalized spacial score (nSPS) is 13.5. The van der Waals surface area contributed by atoms with E-state index < -0.39 is 0 Å². The van der Waals surface area contributed by atoms with E-state index in [-0.39, 0.29) is 6.10 Å². The third-order valence-electron chi connectivity index (χ3n) is 2.79. The molecule has 0 fully saturated rings. The zero-order chi connectivity index (χ0) is 13.5. The van der Waals surface area contributed by atoms with E-state index >= 15 is 0 Å². The lowest BCUT2D eigenvalue weighted by atomic mass is 10.1. The maximum atomic E-state index is 5.98. The second kappa shape index (κ2) is 7.67. The summed E-state index contributed by atoms with van der Waals surface area (Å²) in [6.07, 6.45) is 3.03. The number of nitrogens with one attached hydrogen (secondary N) is 1. The minimum atomic E-state index is 0.0553. The summed E-state index contributed by atoms with van der Waals surface area (Å²) in [6, 6.07) is 5.34. The zero-order valence-electron chi connectivity index (χ0n) is 11.0. The summed E-state index contributed by atoms with van der Waals surface area (Å²) in [6.45, 7) is 4.98. The van der Waals surface area contributed by atoms with Crippen molar-refractivity contribution in [3.05, 3.63) is 39.9 Å². The van der Waals surface area contributed by atoms with E-state index in [1.165, 1.54) is 5.57 Å². The minimum Gasteiger partial charge on any atom is -0.486 e. The molecule has 4 heteroatoms. The molecule has 1 N–H and O–H groups in total. The molecule has 0 saturated carbocycles. The van der Waals surface area contributed by atoms with Gasteiger partial charge in [-0.1, -0.05) is 29.3 Å². The fourth-order valence-corrected chi connectivity index (χ4v) is 1.84. The van der Waals surface area contributed by atoms with Gasteiger partial charge in [-0.25, -0.2) is 0 Å². The van der Waals surface area contributed by atoms with Crippen molar-refractivity contribution in [2.45, 2.75) is 26.4 Å². The minimum absolute atomic E-state index is 0.0553. The molecule has 18 heavy (non-hydrogen) atoms. The highest BCUT2D eigenvalue weighted by Crippen LogP contribution is 2.27. The highest BCUT2D eigenvalue weighted by Gasteiger charge is 2.12. The number of benzene rings is 1. The van der Waals surface area contributed by atoms with Gasteiger partial charge in [-0.3, -0.25) is 0 Å². The Morgan fingerprint density at radius 1 is 1.39 bits per heavy atom. The summed E-state index contributed by atoms with van der Waals surface area (Å²) >= 11 is 11.9. The monoisotopic (exact) mass is 287 g/mol. The van der Waals surface area contributed by atoms with Crippen molar-refractivity contribution in [3.63, 3.8) is 0 Å². The Hall–Kier alpha value is -0.700. The molecule has 2 nitrogen and oxygen atoms in total. The van der Waals surface area contributed by atoms with Crippen LogP contribution in [0.5, 0.6) is 5.75 Å². The third kappa shape index (κ3) is 4.52. The van der Waals surface area contributed by atoms with Crippen molar-refractivity contribution in [3.8, 4) is 5.75 Å². The van der Waals surface area contributed by atoms with Crippen molar-refractivity contribution < 1.29 is 4.74 Å². The Bertz CT molecular complexity index is 418. The Balaban J connectivity index is 2.78. The number of allylic oxidation sites excluding steroid dienone is 1. The van der Waals surface area contributed by atoms with Gasteiger partial charge >= 0.3 is 0 Å². The molecule has 0 amide bonds. The third-order valence-corrected chi connectivity index (χ3v) is 3.53. The van der Waals surface area contributed by atoms with Crippen LogP contribution in [0.1, 0.15) is 20.3 Å². The Labute approximate surface area is 119 Å². The largest absolute Gasteiger partial charge is 0.486 e. The summed E-state index contributed by atoms with van der Waals surface area (Å²) in [4.78, 5) is 0. The van der Waals surface area contributed by atoms with Crippen molar-refractivity contribution in [1.29, 1.82) is 0 Å². The molecule has 1 aromatic rings. The first-order valence-electron chi connectivity index (χ1n) is 5.97. The van der Waals surface area contributed by atoms with Crippen LogP contribution in [0.2, 0.25) is 10.0 Å². The van der Waals surface area contributed by atoms with Crippen LogP contribution in [0.3, 0.4) is 0 Å². The van der Waals surface area contributed by atoms with Gasteiger partial charge in [0, 0.05) is 12.5 Å². The van der Waals surface area contributed by atoms with E-state index in [1.807, 2.05) is 20.0 Å². The van der Waals surface area contributed by atoms with Gasteiger partial charge < -0.3 is 10.1 Å². The lowest BCUT2D eigenvalue weighted by Crippen LogP contribution is -2.23. The maximum absolute atomic E-state index is 5.98. The molecule has 0 heterocycles. The van der Waals surface area contributed by atoms with E-state index in [0.29, 0.717) is 10.0 Å². The molecule has 1 atom stereocenters. The standard InChI is InChI=1S/C14H19Cl2NO/c1-4-10(2)14(7-8-17-3)18-11-5-6-12(15)13(16)9-11/h4-6,9,14,17H,7-8H2,1-3H3. The second-order valence-electron chi connectivity index (χ2n) is 4.11. The van der Waals surface area contributed by atoms with Crippen molar-refractivity contribution in [2.24, 2.45) is 0 Å². The van der Waals surface area contributed by atoms with Crippen LogP contribution in [0.15, 0.2) is 29.8 Å². The summed E-state index contributed by atoms with van der Waals surface area (Å²) in [5, 5.41) is 4.18. The van der Waals surface area contributed by atoms with Crippen LogP contribution in [-0.4, -0.2) is 19.7 Å². The van der Waals surface area contributed by atoms with Crippen molar-refractivity contribution in [2.75, 3.05) is 13.6 Å². The summed E-state index contributed by atoms with van der Waals surface area (Å²) in [5.74, 6) is 0.742. The van der Waals surface area contributed by atoms with Gasteiger partial charge in [0.15, 0.2) is 0 Å². The first-order chi connectivity index (χ1) is 8.58. The average molecular weight is 288 g/mol. The van der Waals surface area contributed by atoms with Gasteiger partial charge in [0.05, 0.1) is 10.0 Å². The molecule has 0 aliphatic rings. The van der Waals surface area contributed by atoms with Gasteiger partial charge in [0.25, 0.3) is 0 Å². The van der Waals surface area contributed by atoms with E-state index in [1.54, 1.807) is 12.1 Å².